The van der Waals surface area contributed by atoms with Gasteiger partial charge < -0.3 is 4.90 Å². The molecule has 0 aromatic carbocycles. The predicted octanol–water partition coefficient (Wildman–Crippen LogP) is 3.17. The van der Waals surface area contributed by atoms with Crippen LogP contribution in [0.15, 0.2) is 12.1 Å². The Morgan fingerprint density at radius 3 is 2.44 bits per heavy atom. The number of nitrogens with zero attached hydrogens (tertiary/aromatic N) is 4. The molecular weight excluding hydrogens is 333 g/mol. The number of fused-ring (bicyclic) bond motifs is 1. The first kappa shape index (κ1) is 16.4. The van der Waals surface area contributed by atoms with Crippen LogP contribution in [0.1, 0.15) is 48.7 Å². The van der Waals surface area contributed by atoms with Gasteiger partial charge in [-0.3, -0.25) is 4.79 Å². The van der Waals surface area contributed by atoms with Gasteiger partial charge in [-0.2, -0.15) is 18.3 Å². The molecule has 0 unspecified atom stereocenters. The number of rotatable bonds is 2. The number of hydrogen-bond acceptors (Lipinski definition) is 3. The number of piperidine rings is 1. The number of aryl methyl sites for hydroxylation is 1. The van der Waals surface area contributed by atoms with Crippen molar-refractivity contribution in [3.63, 3.8) is 0 Å². The van der Waals surface area contributed by atoms with Crippen molar-refractivity contribution in [2.75, 3.05) is 13.1 Å². The van der Waals surface area contributed by atoms with Crippen molar-refractivity contribution in [3.05, 3.63) is 29.2 Å². The lowest BCUT2D eigenvalue weighted by Gasteiger charge is -2.32. The van der Waals surface area contributed by atoms with E-state index in [1.54, 1.807) is 13.0 Å². The molecule has 2 aromatic heterocycles. The second-order valence-electron chi connectivity index (χ2n) is 6.99. The van der Waals surface area contributed by atoms with Crippen LogP contribution in [-0.2, 0) is 11.0 Å². The predicted molar refractivity (Wildman–Crippen MR) is 84.0 cm³/mol. The summed E-state index contributed by atoms with van der Waals surface area (Å²) in [4.78, 5) is 18.4. The van der Waals surface area contributed by atoms with Gasteiger partial charge in [-0.05, 0) is 38.7 Å². The zero-order chi connectivity index (χ0) is 17.8. The molecule has 3 heterocycles. The minimum atomic E-state index is -4.49. The van der Waals surface area contributed by atoms with Crippen LogP contribution < -0.4 is 0 Å². The molecule has 0 spiro atoms. The highest BCUT2D eigenvalue weighted by molar-refractivity contribution is 5.81. The van der Waals surface area contributed by atoms with Crippen LogP contribution in [0.2, 0.25) is 0 Å². The maximum Gasteiger partial charge on any atom is 0.433 e. The summed E-state index contributed by atoms with van der Waals surface area (Å²) in [5, 5.41) is 3.91. The molecule has 1 aliphatic carbocycles. The maximum atomic E-state index is 13.4. The molecule has 1 saturated heterocycles. The van der Waals surface area contributed by atoms with Crippen molar-refractivity contribution in [3.8, 4) is 0 Å². The molecule has 4 rings (SSSR count). The normalized spacial score (nSPS) is 19.6. The molecule has 0 radical (unpaired) electrons. The maximum absolute atomic E-state index is 13.4. The zero-order valence-corrected chi connectivity index (χ0v) is 13.9. The van der Waals surface area contributed by atoms with E-state index in [4.69, 9.17) is 0 Å². The summed E-state index contributed by atoms with van der Waals surface area (Å²) in [5.41, 5.74) is 0.370. The van der Waals surface area contributed by atoms with Gasteiger partial charge in [0.25, 0.3) is 0 Å². The Balaban J connectivity index is 1.60. The molecule has 0 N–H and O–H groups in total. The Bertz CT molecular complexity index is 817. The summed E-state index contributed by atoms with van der Waals surface area (Å²) in [7, 11) is 0. The Morgan fingerprint density at radius 2 is 1.84 bits per heavy atom. The molecule has 8 heteroatoms. The van der Waals surface area contributed by atoms with Gasteiger partial charge in [0.05, 0.1) is 5.69 Å². The molecule has 0 bridgehead atoms. The number of carbonyl (C=O) groups excluding carboxylic acids is 1. The van der Waals surface area contributed by atoms with Gasteiger partial charge in [0.1, 0.15) is 5.69 Å². The summed E-state index contributed by atoms with van der Waals surface area (Å²) in [6.45, 7) is 2.83. The van der Waals surface area contributed by atoms with Crippen molar-refractivity contribution in [2.45, 2.75) is 44.7 Å². The summed E-state index contributed by atoms with van der Waals surface area (Å²) < 4.78 is 41.1. The minimum absolute atomic E-state index is 0.0652. The zero-order valence-electron chi connectivity index (χ0n) is 13.9. The van der Waals surface area contributed by atoms with E-state index >= 15 is 0 Å². The molecule has 1 aliphatic heterocycles. The van der Waals surface area contributed by atoms with Crippen LogP contribution in [0.25, 0.3) is 5.65 Å². The Labute approximate surface area is 142 Å². The first-order valence-corrected chi connectivity index (χ1v) is 8.56. The van der Waals surface area contributed by atoms with Crippen LogP contribution in [0.5, 0.6) is 0 Å². The van der Waals surface area contributed by atoms with Gasteiger partial charge in [0, 0.05) is 36.7 Å². The highest BCUT2D eigenvalue weighted by Crippen LogP contribution is 2.36. The lowest BCUT2D eigenvalue weighted by Crippen LogP contribution is -2.39. The number of likely N-dealkylation sites (tertiary alicyclic amines) is 1. The first-order chi connectivity index (χ1) is 11.8. The molecular formula is C17H19F3N4O. The first-order valence-electron chi connectivity index (χ1n) is 8.56. The Hall–Kier alpha value is -2.12. The van der Waals surface area contributed by atoms with Crippen molar-refractivity contribution in [1.29, 1.82) is 0 Å². The van der Waals surface area contributed by atoms with E-state index < -0.39 is 11.9 Å². The molecule has 134 valence electrons. The second kappa shape index (κ2) is 5.71. The highest BCUT2D eigenvalue weighted by Gasteiger charge is 2.38. The van der Waals surface area contributed by atoms with Gasteiger partial charge in [-0.15, -0.1) is 0 Å². The van der Waals surface area contributed by atoms with E-state index in [-0.39, 0.29) is 23.4 Å². The standard InChI is InChI=1S/C17H19F3N4O/c1-10-8-15-21-13(9-14(17(18,19)20)24(15)22-10)11-4-6-23(7-5-11)16(25)12-2-3-12/h8-9,11-12H,2-7H2,1H3. The van der Waals surface area contributed by atoms with Crippen molar-refractivity contribution >= 4 is 11.6 Å². The van der Waals surface area contributed by atoms with Crippen LogP contribution in [0.4, 0.5) is 13.2 Å². The SMILES string of the molecule is Cc1cc2nc(C3CCN(C(=O)C4CC4)CC3)cc(C(F)(F)F)n2n1. The fraction of sp³-hybridized carbons (Fsp3) is 0.588. The fourth-order valence-corrected chi connectivity index (χ4v) is 3.50. The topological polar surface area (TPSA) is 50.5 Å². The Morgan fingerprint density at radius 1 is 1.16 bits per heavy atom. The van der Waals surface area contributed by atoms with Crippen LogP contribution in [0.3, 0.4) is 0 Å². The number of hydrogen-bond donors (Lipinski definition) is 0. The molecule has 25 heavy (non-hydrogen) atoms. The number of halogens is 3. The van der Waals surface area contributed by atoms with E-state index in [0.29, 0.717) is 37.3 Å². The third kappa shape index (κ3) is 3.09. The molecule has 2 aliphatic rings. The second-order valence-corrected chi connectivity index (χ2v) is 6.99. The fourth-order valence-electron chi connectivity index (χ4n) is 3.50. The van der Waals surface area contributed by atoms with E-state index in [1.165, 1.54) is 0 Å². The van der Waals surface area contributed by atoms with Crippen molar-refractivity contribution in [1.82, 2.24) is 19.5 Å². The van der Waals surface area contributed by atoms with Gasteiger partial charge in [-0.25, -0.2) is 9.50 Å². The summed E-state index contributed by atoms with van der Waals surface area (Å²) in [6, 6.07) is 2.67. The Kier molecular flexibility index (Phi) is 3.73. The lowest BCUT2D eigenvalue weighted by atomic mass is 9.92. The molecule has 1 saturated carbocycles. The van der Waals surface area contributed by atoms with E-state index in [2.05, 4.69) is 10.1 Å². The quantitative estimate of drug-likeness (QED) is 0.834. The van der Waals surface area contributed by atoms with Crippen LogP contribution >= 0.6 is 0 Å². The molecule has 0 atom stereocenters. The van der Waals surface area contributed by atoms with Crippen LogP contribution in [-0.4, -0.2) is 38.5 Å². The smallest absolute Gasteiger partial charge is 0.342 e. The summed E-state index contributed by atoms with van der Waals surface area (Å²) in [5.74, 6) is 0.312. The largest absolute Gasteiger partial charge is 0.433 e. The molecule has 1 amide bonds. The van der Waals surface area contributed by atoms with Crippen molar-refractivity contribution in [2.24, 2.45) is 5.92 Å². The summed E-state index contributed by atoms with van der Waals surface area (Å²) in [6.07, 6.45) is -1.27. The highest BCUT2D eigenvalue weighted by atomic mass is 19.4. The third-order valence-electron chi connectivity index (χ3n) is 5.01. The summed E-state index contributed by atoms with van der Waals surface area (Å²) >= 11 is 0. The van der Waals surface area contributed by atoms with E-state index in [0.717, 1.165) is 23.4 Å². The lowest BCUT2D eigenvalue weighted by molar-refractivity contribution is -0.142. The monoisotopic (exact) mass is 352 g/mol. The van der Waals surface area contributed by atoms with Gasteiger partial charge >= 0.3 is 6.18 Å². The minimum Gasteiger partial charge on any atom is -0.342 e. The average Bonchev–Trinajstić information content (AvgIpc) is 3.33. The number of amides is 1. The average molecular weight is 352 g/mol. The van der Waals surface area contributed by atoms with Gasteiger partial charge in [0.2, 0.25) is 5.91 Å². The van der Waals surface area contributed by atoms with Gasteiger partial charge in [-0.1, -0.05) is 0 Å². The van der Waals surface area contributed by atoms with Crippen LogP contribution in [0, 0.1) is 12.8 Å². The van der Waals surface area contributed by atoms with E-state index in [1.807, 2.05) is 4.90 Å². The molecule has 2 fully saturated rings. The van der Waals surface area contributed by atoms with Gasteiger partial charge in [0.15, 0.2) is 5.65 Å². The molecule has 2 aromatic rings. The molecule has 5 nitrogen and oxygen atoms in total. The third-order valence-corrected chi connectivity index (χ3v) is 5.01. The van der Waals surface area contributed by atoms with E-state index in [9.17, 15) is 18.0 Å². The number of carbonyl (C=O) groups is 1. The number of aromatic nitrogens is 3. The van der Waals surface area contributed by atoms with Crippen molar-refractivity contribution < 1.29 is 18.0 Å². The number of alkyl halides is 3.